The number of hydrogen-bond donors (Lipinski definition) is 3. The van der Waals surface area contributed by atoms with Gasteiger partial charge >= 0.3 is 5.97 Å². The van der Waals surface area contributed by atoms with Gasteiger partial charge in [0.05, 0.1) is 11.5 Å². The highest BCUT2D eigenvalue weighted by Gasteiger charge is 2.61. The highest BCUT2D eigenvalue weighted by molar-refractivity contribution is 6.05. The number of allylic oxidation sites excluding steroid dienone is 4. The van der Waals surface area contributed by atoms with E-state index in [0.717, 1.165) is 50.7 Å². The summed E-state index contributed by atoms with van der Waals surface area (Å²) in [5.74, 6) is 1.03. The van der Waals surface area contributed by atoms with Crippen molar-refractivity contribution in [1.82, 2.24) is 5.32 Å². The summed E-state index contributed by atoms with van der Waals surface area (Å²) in [6.07, 6.45) is 16.0. The molecule has 0 aromatic rings. The molecule has 0 aromatic carbocycles. The number of carboxylic acid groups (broad SMARTS) is 1. The first-order valence-corrected chi connectivity index (χ1v) is 14.4. The second-order valence-corrected chi connectivity index (χ2v) is 13.1. The van der Waals surface area contributed by atoms with Crippen molar-refractivity contribution in [3.8, 4) is 0 Å². The average Bonchev–Trinajstić information content (AvgIpc) is 3.11. The number of nitrogens with zero attached hydrogens (tertiary/aromatic N) is 1. The summed E-state index contributed by atoms with van der Waals surface area (Å²) in [4.78, 5) is 28.7. The Morgan fingerprint density at radius 3 is 2.51 bits per heavy atom. The van der Waals surface area contributed by atoms with Crippen LogP contribution in [0.25, 0.3) is 0 Å². The maximum Gasteiger partial charge on any atom is 0.306 e. The molecule has 5 aliphatic carbocycles. The van der Waals surface area contributed by atoms with E-state index in [0.29, 0.717) is 43.1 Å². The van der Waals surface area contributed by atoms with Gasteiger partial charge < -0.3 is 20.4 Å². The van der Waals surface area contributed by atoms with Crippen LogP contribution in [-0.4, -0.2) is 46.6 Å². The van der Waals surface area contributed by atoms with E-state index in [1.165, 1.54) is 12.0 Å². The number of carbonyl (C=O) groups excluding carboxylic acids is 1. The minimum absolute atomic E-state index is 0.0226. The first kappa shape index (κ1) is 26.5. The smallest absolute Gasteiger partial charge is 0.306 e. The van der Waals surface area contributed by atoms with Crippen LogP contribution in [0.3, 0.4) is 0 Å². The van der Waals surface area contributed by atoms with Crippen molar-refractivity contribution in [2.24, 2.45) is 45.6 Å². The van der Waals surface area contributed by atoms with E-state index < -0.39 is 11.6 Å². The van der Waals surface area contributed by atoms with Crippen LogP contribution in [0.4, 0.5) is 0 Å². The molecule has 5 aliphatic rings. The summed E-state index contributed by atoms with van der Waals surface area (Å²) < 4.78 is 0. The van der Waals surface area contributed by atoms with Crippen LogP contribution in [-0.2, 0) is 14.4 Å². The van der Waals surface area contributed by atoms with Gasteiger partial charge in [-0.3, -0.25) is 9.59 Å². The number of hydrogen-bond acceptors (Lipinski definition) is 5. The zero-order valence-corrected chi connectivity index (χ0v) is 22.7. The fourth-order valence-electron chi connectivity index (χ4n) is 8.60. The predicted octanol–water partition coefficient (Wildman–Crippen LogP) is 4.86. The SMILES string of the molecule is C[C@]12C=C/C(=N/OCC(=O)NCC3CCC(C(=O)O)CC3)C=C1CC[C@H]1[C@H]2CC[C@@]2(C)[C@H]1CC[C@]2(C)O. The van der Waals surface area contributed by atoms with Crippen molar-refractivity contribution in [2.75, 3.05) is 13.2 Å². The quantitative estimate of drug-likeness (QED) is 0.441. The normalized spacial score (nSPS) is 43.8. The van der Waals surface area contributed by atoms with E-state index >= 15 is 0 Å². The van der Waals surface area contributed by atoms with E-state index in [2.05, 4.69) is 43.4 Å². The Bertz CT molecular complexity index is 1010. The van der Waals surface area contributed by atoms with E-state index in [-0.39, 0.29) is 29.3 Å². The Morgan fingerprint density at radius 2 is 1.78 bits per heavy atom. The Labute approximate surface area is 220 Å². The summed E-state index contributed by atoms with van der Waals surface area (Å²) in [6.45, 7) is 7.20. The van der Waals surface area contributed by atoms with Gasteiger partial charge in [-0.25, -0.2) is 0 Å². The molecular weight excluding hydrogens is 468 g/mol. The van der Waals surface area contributed by atoms with Crippen molar-refractivity contribution in [3.63, 3.8) is 0 Å². The van der Waals surface area contributed by atoms with E-state index in [4.69, 9.17) is 9.94 Å². The molecule has 0 saturated heterocycles. The molecule has 0 heterocycles. The number of aliphatic carboxylic acids is 1. The standard InChI is InChI=1S/C30H44N2O5/c1-28-13-10-22(32-37-18-26(33)31-17-19-4-6-20(7-5-19)27(34)35)16-21(28)8-9-23-24(28)11-14-29(2)25(23)12-15-30(29,3)36/h10,13,16,19-20,23-25,36H,4-9,11-12,14-15,17-18H2,1-3H3,(H,31,33)(H,34,35)/b32-22-/t19?,20?,23-,24+,25-,28-,29-,30-/m0/s1. The van der Waals surface area contributed by atoms with Gasteiger partial charge in [0, 0.05) is 12.0 Å². The molecule has 0 bridgehead atoms. The topological polar surface area (TPSA) is 108 Å². The molecule has 4 saturated carbocycles. The molecule has 0 radical (unpaired) electrons. The first-order chi connectivity index (χ1) is 17.5. The van der Waals surface area contributed by atoms with Gasteiger partial charge in [0.15, 0.2) is 6.61 Å². The molecule has 7 heteroatoms. The lowest BCUT2D eigenvalue weighted by Gasteiger charge is -2.58. The number of amides is 1. The lowest BCUT2D eigenvalue weighted by Crippen LogP contribution is -2.53. The number of oxime groups is 1. The molecule has 4 fully saturated rings. The molecule has 7 nitrogen and oxygen atoms in total. The van der Waals surface area contributed by atoms with Gasteiger partial charge in [-0.15, -0.1) is 0 Å². The summed E-state index contributed by atoms with van der Waals surface area (Å²) >= 11 is 0. The van der Waals surface area contributed by atoms with Crippen LogP contribution in [0.1, 0.15) is 85.0 Å². The number of rotatable bonds is 6. The molecule has 37 heavy (non-hydrogen) atoms. The maximum absolute atomic E-state index is 12.2. The molecular formula is C30H44N2O5. The summed E-state index contributed by atoms with van der Waals surface area (Å²) in [5, 5.41) is 27.4. The third-order valence-corrected chi connectivity index (χ3v) is 11.3. The molecule has 0 spiro atoms. The van der Waals surface area contributed by atoms with Crippen LogP contribution in [0, 0.1) is 40.4 Å². The van der Waals surface area contributed by atoms with Crippen LogP contribution in [0.5, 0.6) is 0 Å². The van der Waals surface area contributed by atoms with Gasteiger partial charge in [-0.2, -0.15) is 0 Å². The van der Waals surface area contributed by atoms with Crippen LogP contribution in [0.2, 0.25) is 0 Å². The average molecular weight is 513 g/mol. The van der Waals surface area contributed by atoms with Gasteiger partial charge in [0.25, 0.3) is 5.91 Å². The highest BCUT2D eigenvalue weighted by Crippen LogP contribution is 2.66. The molecule has 204 valence electrons. The molecule has 5 rings (SSSR count). The van der Waals surface area contributed by atoms with Gasteiger partial charge in [0.1, 0.15) is 5.71 Å². The number of fused-ring (bicyclic) bond motifs is 5. The lowest BCUT2D eigenvalue weighted by molar-refractivity contribution is -0.143. The van der Waals surface area contributed by atoms with Crippen LogP contribution >= 0.6 is 0 Å². The van der Waals surface area contributed by atoms with Gasteiger partial charge in [0.2, 0.25) is 0 Å². The van der Waals surface area contributed by atoms with Gasteiger partial charge in [-0.1, -0.05) is 30.7 Å². The maximum atomic E-state index is 12.2. The Morgan fingerprint density at radius 1 is 1.05 bits per heavy atom. The minimum atomic E-state index is -0.708. The summed E-state index contributed by atoms with van der Waals surface area (Å²) in [5.41, 5.74) is 1.67. The van der Waals surface area contributed by atoms with Crippen LogP contribution in [0.15, 0.2) is 29.0 Å². The number of aliphatic hydroxyl groups is 1. The zero-order valence-electron chi connectivity index (χ0n) is 22.7. The second-order valence-electron chi connectivity index (χ2n) is 13.1. The van der Waals surface area contributed by atoms with Crippen LogP contribution < -0.4 is 5.32 Å². The molecule has 0 aliphatic heterocycles. The Kier molecular flexibility index (Phi) is 7.05. The molecule has 6 atom stereocenters. The summed E-state index contributed by atoms with van der Waals surface area (Å²) in [7, 11) is 0. The monoisotopic (exact) mass is 512 g/mol. The third-order valence-electron chi connectivity index (χ3n) is 11.3. The third kappa shape index (κ3) is 4.77. The molecule has 1 amide bonds. The minimum Gasteiger partial charge on any atom is -0.481 e. The van der Waals surface area contributed by atoms with E-state index in [1.807, 2.05) is 6.08 Å². The second kappa shape index (κ2) is 9.87. The zero-order chi connectivity index (χ0) is 26.4. The Balaban J connectivity index is 1.13. The van der Waals surface area contributed by atoms with E-state index in [9.17, 15) is 14.7 Å². The number of carboxylic acids is 1. The molecule has 0 aromatic heterocycles. The number of nitrogens with one attached hydrogen (secondary N) is 1. The molecule has 0 unspecified atom stereocenters. The molecule has 3 N–H and O–H groups in total. The summed E-state index contributed by atoms with van der Waals surface area (Å²) in [6, 6.07) is 0. The van der Waals surface area contributed by atoms with Crippen molar-refractivity contribution in [1.29, 1.82) is 0 Å². The fraction of sp³-hybridized carbons (Fsp3) is 0.767. The van der Waals surface area contributed by atoms with Crippen molar-refractivity contribution in [2.45, 2.75) is 90.6 Å². The van der Waals surface area contributed by atoms with Gasteiger partial charge in [-0.05, 0) is 112 Å². The number of carbonyl (C=O) groups is 2. The first-order valence-electron chi connectivity index (χ1n) is 14.4. The Hall–Kier alpha value is -2.15. The van der Waals surface area contributed by atoms with Crippen molar-refractivity contribution in [3.05, 3.63) is 23.8 Å². The van der Waals surface area contributed by atoms with E-state index in [1.54, 1.807) is 0 Å². The van der Waals surface area contributed by atoms with Crippen molar-refractivity contribution < 1.29 is 24.6 Å². The fourth-order valence-corrected chi connectivity index (χ4v) is 8.60. The highest BCUT2D eigenvalue weighted by atomic mass is 16.6. The predicted molar refractivity (Wildman–Crippen MR) is 142 cm³/mol. The van der Waals surface area contributed by atoms with Crippen molar-refractivity contribution >= 4 is 17.6 Å². The lowest BCUT2D eigenvalue weighted by atomic mass is 9.47. The largest absolute Gasteiger partial charge is 0.481 e.